The minimum absolute atomic E-state index is 0.0358. The van der Waals surface area contributed by atoms with E-state index in [1.165, 1.54) is 6.92 Å². The van der Waals surface area contributed by atoms with E-state index < -0.39 is 6.04 Å². The van der Waals surface area contributed by atoms with Gasteiger partial charge in [-0.1, -0.05) is 0 Å². The third-order valence-corrected chi connectivity index (χ3v) is 2.19. The number of hydrogen-bond donors (Lipinski definition) is 1. The second-order valence-electron chi connectivity index (χ2n) is 3.34. The maximum Gasteiger partial charge on any atom is 0.249 e. The molecule has 1 rings (SSSR count). The van der Waals surface area contributed by atoms with Crippen molar-refractivity contribution in [2.45, 2.75) is 38.8 Å². The van der Waals surface area contributed by atoms with Gasteiger partial charge in [0.2, 0.25) is 5.91 Å². The molecule has 74 valence electrons. The van der Waals surface area contributed by atoms with Crippen molar-refractivity contribution >= 4 is 11.7 Å². The fourth-order valence-electron chi connectivity index (χ4n) is 1.19. The number of amides is 1. The molecule has 0 aliphatic carbocycles. The first-order chi connectivity index (χ1) is 6.11. The quantitative estimate of drug-likeness (QED) is 0.686. The minimum Gasteiger partial charge on any atom is -0.368 e. The van der Waals surface area contributed by atoms with E-state index in [4.69, 9.17) is 4.74 Å². The average molecular weight is 185 g/mol. The molecule has 1 fully saturated rings. The molecule has 1 saturated heterocycles. The molecule has 1 heterocycles. The molecule has 0 saturated carbocycles. The van der Waals surface area contributed by atoms with Crippen LogP contribution in [0, 0.1) is 0 Å². The van der Waals surface area contributed by atoms with E-state index in [0.29, 0.717) is 6.61 Å². The lowest BCUT2D eigenvalue weighted by molar-refractivity contribution is -0.133. The number of nitrogens with one attached hydrogen (secondary N) is 1. The summed E-state index contributed by atoms with van der Waals surface area (Å²) in [6, 6.07) is -0.406. The van der Waals surface area contributed by atoms with Crippen molar-refractivity contribution in [1.29, 1.82) is 0 Å². The van der Waals surface area contributed by atoms with Gasteiger partial charge in [0.25, 0.3) is 0 Å². The Morgan fingerprint density at radius 2 is 2.23 bits per heavy atom. The van der Waals surface area contributed by atoms with Crippen LogP contribution in [-0.2, 0) is 14.3 Å². The van der Waals surface area contributed by atoms with E-state index in [0.717, 1.165) is 12.8 Å². The topological polar surface area (TPSA) is 55.4 Å². The fraction of sp³-hybridized carbons (Fsp3) is 0.778. The first-order valence-corrected chi connectivity index (χ1v) is 4.53. The number of carbonyl (C=O) groups excluding carboxylic acids is 2. The third kappa shape index (κ3) is 2.81. The molecule has 0 aromatic heterocycles. The largest absolute Gasteiger partial charge is 0.368 e. The highest BCUT2D eigenvalue weighted by molar-refractivity contribution is 5.88. The molecule has 0 aromatic rings. The van der Waals surface area contributed by atoms with Crippen LogP contribution in [-0.4, -0.2) is 30.4 Å². The van der Waals surface area contributed by atoms with Gasteiger partial charge in [-0.2, -0.15) is 0 Å². The summed E-state index contributed by atoms with van der Waals surface area (Å²) in [7, 11) is 0. The number of rotatable bonds is 3. The Balaban J connectivity index is 2.35. The lowest BCUT2D eigenvalue weighted by Crippen LogP contribution is -2.42. The molecule has 1 N–H and O–H groups in total. The van der Waals surface area contributed by atoms with Gasteiger partial charge in [0.1, 0.15) is 6.10 Å². The summed E-state index contributed by atoms with van der Waals surface area (Å²) in [6.07, 6.45) is 1.34. The second-order valence-corrected chi connectivity index (χ2v) is 3.34. The van der Waals surface area contributed by atoms with Crippen LogP contribution >= 0.6 is 0 Å². The van der Waals surface area contributed by atoms with Crippen LogP contribution in [0.5, 0.6) is 0 Å². The van der Waals surface area contributed by atoms with Crippen molar-refractivity contribution in [2.24, 2.45) is 0 Å². The first-order valence-electron chi connectivity index (χ1n) is 4.53. The van der Waals surface area contributed by atoms with E-state index in [-0.39, 0.29) is 17.8 Å². The molecular weight excluding hydrogens is 170 g/mol. The van der Waals surface area contributed by atoms with Crippen molar-refractivity contribution in [3.63, 3.8) is 0 Å². The average Bonchev–Trinajstić information content (AvgIpc) is 2.55. The van der Waals surface area contributed by atoms with Crippen LogP contribution in [0.3, 0.4) is 0 Å². The zero-order valence-corrected chi connectivity index (χ0v) is 8.00. The Labute approximate surface area is 77.6 Å². The van der Waals surface area contributed by atoms with Gasteiger partial charge in [-0.05, 0) is 26.7 Å². The molecule has 0 unspecified atom stereocenters. The zero-order valence-electron chi connectivity index (χ0n) is 8.00. The number of carbonyl (C=O) groups is 2. The molecular formula is C9H15NO3. The van der Waals surface area contributed by atoms with Crippen LogP contribution in [0.25, 0.3) is 0 Å². The molecule has 0 aromatic carbocycles. The van der Waals surface area contributed by atoms with Crippen LogP contribution in [0.2, 0.25) is 0 Å². The summed E-state index contributed by atoms with van der Waals surface area (Å²) in [5, 5.41) is 2.61. The molecule has 0 spiro atoms. The van der Waals surface area contributed by atoms with Crippen LogP contribution in [0.4, 0.5) is 0 Å². The lowest BCUT2D eigenvalue weighted by atomic mass is 10.2. The van der Waals surface area contributed by atoms with Gasteiger partial charge in [-0.3, -0.25) is 9.59 Å². The third-order valence-electron chi connectivity index (χ3n) is 2.19. The highest BCUT2D eigenvalue weighted by atomic mass is 16.5. The van der Waals surface area contributed by atoms with Gasteiger partial charge in [-0.15, -0.1) is 0 Å². The standard InChI is InChI=1S/C9H15NO3/c1-6(7(2)11)10-9(12)8-4-3-5-13-8/h6,8H,3-5H2,1-2H3,(H,10,12)/t6-,8-/m0/s1. The molecule has 0 bridgehead atoms. The lowest BCUT2D eigenvalue weighted by Gasteiger charge is -2.13. The number of ketones is 1. The summed E-state index contributed by atoms with van der Waals surface area (Å²) < 4.78 is 5.17. The monoisotopic (exact) mass is 185 g/mol. The summed E-state index contributed by atoms with van der Waals surface area (Å²) in [6.45, 7) is 3.78. The Bertz CT molecular complexity index is 209. The van der Waals surface area contributed by atoms with E-state index in [1.54, 1.807) is 6.92 Å². The molecule has 1 aliphatic heterocycles. The SMILES string of the molecule is CC(=O)[C@H](C)NC(=O)[C@@H]1CCCO1. The molecule has 13 heavy (non-hydrogen) atoms. The molecule has 0 radical (unpaired) electrons. The van der Waals surface area contributed by atoms with Gasteiger partial charge in [0, 0.05) is 6.61 Å². The fourth-order valence-corrected chi connectivity index (χ4v) is 1.19. The summed E-state index contributed by atoms with van der Waals surface area (Å²) in [5.74, 6) is -0.202. The van der Waals surface area contributed by atoms with Gasteiger partial charge >= 0.3 is 0 Å². The predicted octanol–water partition coefficient (Wildman–Crippen LogP) is 0.259. The summed E-state index contributed by atoms with van der Waals surface area (Å²) in [4.78, 5) is 22.2. The smallest absolute Gasteiger partial charge is 0.249 e. The van der Waals surface area contributed by atoms with Gasteiger partial charge in [0.15, 0.2) is 5.78 Å². The Kier molecular flexibility index (Phi) is 3.42. The van der Waals surface area contributed by atoms with Crippen molar-refractivity contribution in [3.8, 4) is 0 Å². The number of ether oxygens (including phenoxy) is 1. The van der Waals surface area contributed by atoms with Crippen LogP contribution in [0.15, 0.2) is 0 Å². The molecule has 4 nitrogen and oxygen atoms in total. The van der Waals surface area contributed by atoms with Crippen molar-refractivity contribution < 1.29 is 14.3 Å². The molecule has 1 amide bonds. The number of hydrogen-bond acceptors (Lipinski definition) is 3. The Hall–Kier alpha value is -0.900. The highest BCUT2D eigenvalue weighted by Crippen LogP contribution is 2.11. The van der Waals surface area contributed by atoms with Gasteiger partial charge in [0.05, 0.1) is 6.04 Å². The van der Waals surface area contributed by atoms with E-state index >= 15 is 0 Å². The van der Waals surface area contributed by atoms with Crippen molar-refractivity contribution in [3.05, 3.63) is 0 Å². The molecule has 2 atom stereocenters. The van der Waals surface area contributed by atoms with Gasteiger partial charge in [-0.25, -0.2) is 0 Å². The normalized spacial score (nSPS) is 24.0. The highest BCUT2D eigenvalue weighted by Gasteiger charge is 2.25. The van der Waals surface area contributed by atoms with Crippen molar-refractivity contribution in [1.82, 2.24) is 5.32 Å². The zero-order chi connectivity index (χ0) is 9.84. The summed E-state index contributed by atoms with van der Waals surface area (Å²) in [5.41, 5.74) is 0. The van der Waals surface area contributed by atoms with Crippen molar-refractivity contribution in [2.75, 3.05) is 6.61 Å². The first kappa shape index (κ1) is 10.2. The van der Waals surface area contributed by atoms with E-state index in [1.807, 2.05) is 0 Å². The summed E-state index contributed by atoms with van der Waals surface area (Å²) >= 11 is 0. The van der Waals surface area contributed by atoms with E-state index in [2.05, 4.69) is 5.32 Å². The van der Waals surface area contributed by atoms with Crippen LogP contribution in [0.1, 0.15) is 26.7 Å². The predicted molar refractivity (Wildman–Crippen MR) is 47.3 cm³/mol. The van der Waals surface area contributed by atoms with Gasteiger partial charge < -0.3 is 10.1 Å². The second kappa shape index (κ2) is 4.37. The Morgan fingerprint density at radius 1 is 1.54 bits per heavy atom. The number of Topliss-reactive ketones (excluding diaryl/α,β-unsaturated/α-hetero) is 1. The molecule has 4 heteroatoms. The maximum atomic E-state index is 11.4. The van der Waals surface area contributed by atoms with Crippen LogP contribution < -0.4 is 5.32 Å². The molecule has 1 aliphatic rings. The Morgan fingerprint density at radius 3 is 2.69 bits per heavy atom. The minimum atomic E-state index is -0.406. The maximum absolute atomic E-state index is 11.4. The van der Waals surface area contributed by atoms with E-state index in [9.17, 15) is 9.59 Å².